The minimum absolute atomic E-state index is 0.663. The van der Waals surface area contributed by atoms with E-state index in [1.807, 2.05) is 96.3 Å². The largest absolute Gasteiger partial charge is 0.544 e. The summed E-state index contributed by atoms with van der Waals surface area (Å²) < 4.78 is 0. The molecular formula is C22H21NO2. The number of carboxylic acids is 1. The van der Waals surface area contributed by atoms with Crippen LogP contribution in [-0.4, -0.2) is 12.0 Å². The Morgan fingerprint density at radius 3 is 1.36 bits per heavy atom. The van der Waals surface area contributed by atoms with E-state index in [4.69, 9.17) is 0 Å². The predicted molar refractivity (Wildman–Crippen MR) is 95.6 cm³/mol. The van der Waals surface area contributed by atoms with Gasteiger partial charge < -0.3 is 15.2 Å². The summed E-state index contributed by atoms with van der Waals surface area (Å²) >= 11 is 0. The molecule has 0 heterocycles. The molecule has 3 aromatic rings. The molecule has 25 heavy (non-hydrogen) atoms. The monoisotopic (exact) mass is 331 g/mol. The summed E-state index contributed by atoms with van der Waals surface area (Å²) in [5.41, 5.74) is 2.42. The van der Waals surface area contributed by atoms with Crippen LogP contribution in [0, 0.1) is 0 Å². The van der Waals surface area contributed by atoms with Crippen LogP contribution in [0.25, 0.3) is 0 Å². The second-order valence-corrected chi connectivity index (χ2v) is 6.18. The van der Waals surface area contributed by atoms with Gasteiger partial charge >= 0.3 is 0 Å². The molecule has 2 N–H and O–H groups in total. The van der Waals surface area contributed by atoms with Crippen molar-refractivity contribution < 1.29 is 15.2 Å². The molecule has 3 nitrogen and oxygen atoms in total. The summed E-state index contributed by atoms with van der Waals surface area (Å²) in [5.74, 6) is -1.08. The molecule has 0 amide bonds. The van der Waals surface area contributed by atoms with E-state index in [9.17, 15) is 9.90 Å². The molecule has 0 saturated carbocycles. The zero-order valence-electron chi connectivity index (χ0n) is 14.1. The molecule has 0 aromatic heterocycles. The van der Waals surface area contributed by atoms with E-state index in [0.717, 1.165) is 16.7 Å². The molecule has 3 rings (SSSR count). The van der Waals surface area contributed by atoms with E-state index in [-0.39, 0.29) is 0 Å². The number of rotatable bonds is 6. The highest BCUT2D eigenvalue weighted by Gasteiger charge is 2.41. The Balaban J connectivity index is 2.29. The minimum atomic E-state index is -1.08. The zero-order valence-corrected chi connectivity index (χ0v) is 14.1. The lowest BCUT2D eigenvalue weighted by Gasteiger charge is -2.35. The maximum Gasteiger partial charge on any atom is 0.174 e. The van der Waals surface area contributed by atoms with Gasteiger partial charge in [-0.15, -0.1) is 0 Å². The molecule has 3 aromatic carbocycles. The number of hydrogen-bond donors (Lipinski definition) is 1. The van der Waals surface area contributed by atoms with Gasteiger partial charge in [-0.3, -0.25) is 0 Å². The third-order valence-corrected chi connectivity index (χ3v) is 4.56. The topological polar surface area (TPSA) is 56.7 Å². The molecule has 126 valence electrons. The van der Waals surface area contributed by atoms with Crippen molar-refractivity contribution in [2.45, 2.75) is 18.5 Å². The first-order chi connectivity index (χ1) is 12.1. The van der Waals surface area contributed by atoms with Gasteiger partial charge in [-0.2, -0.15) is 0 Å². The minimum Gasteiger partial charge on any atom is -0.544 e. The van der Waals surface area contributed by atoms with Crippen LogP contribution in [0.2, 0.25) is 0 Å². The second kappa shape index (κ2) is 7.32. The summed E-state index contributed by atoms with van der Waals surface area (Å²) in [5, 5.41) is 13.4. The van der Waals surface area contributed by atoms with Crippen LogP contribution in [0.3, 0.4) is 0 Å². The van der Waals surface area contributed by atoms with E-state index in [0.29, 0.717) is 0 Å². The number of carbonyl (C=O) groups is 1. The van der Waals surface area contributed by atoms with Gasteiger partial charge in [0.05, 0.1) is 5.97 Å². The lowest BCUT2D eigenvalue weighted by atomic mass is 9.76. The number of quaternary nitrogens is 1. The van der Waals surface area contributed by atoms with Crippen LogP contribution in [0.5, 0.6) is 0 Å². The molecule has 0 bridgehead atoms. The number of carbonyl (C=O) groups excluding carboxylic acids is 1. The van der Waals surface area contributed by atoms with Crippen LogP contribution in [-0.2, 0) is 10.3 Å². The van der Waals surface area contributed by atoms with Crippen LogP contribution in [0.4, 0.5) is 0 Å². The highest BCUT2D eigenvalue weighted by atomic mass is 16.4. The first-order valence-electron chi connectivity index (χ1n) is 8.38. The smallest absolute Gasteiger partial charge is 0.174 e. The Morgan fingerprint density at radius 1 is 0.760 bits per heavy atom. The lowest BCUT2D eigenvalue weighted by molar-refractivity contribution is -0.738. The highest BCUT2D eigenvalue weighted by Crippen LogP contribution is 2.33. The SMILES string of the molecule is C[C@H]([NH2+]C(c1ccccc1)(c1ccccc1)c1ccccc1)C(=O)[O-]. The summed E-state index contributed by atoms with van der Waals surface area (Å²) in [6, 6.07) is 29.3. The third kappa shape index (κ3) is 3.32. The number of carboxylic acid groups (broad SMARTS) is 1. The first kappa shape index (κ1) is 16.9. The molecule has 1 atom stereocenters. The maximum absolute atomic E-state index is 11.5. The number of benzene rings is 3. The van der Waals surface area contributed by atoms with E-state index in [2.05, 4.69) is 0 Å². The molecule has 0 unspecified atom stereocenters. The number of hydrogen-bond acceptors (Lipinski definition) is 2. The molecule has 0 radical (unpaired) electrons. The predicted octanol–water partition coefficient (Wildman–Crippen LogP) is 1.68. The van der Waals surface area contributed by atoms with Crippen molar-refractivity contribution in [1.29, 1.82) is 0 Å². The summed E-state index contributed by atoms with van der Waals surface area (Å²) in [4.78, 5) is 11.5. The van der Waals surface area contributed by atoms with Crippen molar-refractivity contribution in [3.05, 3.63) is 108 Å². The van der Waals surface area contributed by atoms with Crippen LogP contribution >= 0.6 is 0 Å². The summed E-state index contributed by atoms with van der Waals surface area (Å²) in [6.07, 6.45) is 0. The quantitative estimate of drug-likeness (QED) is 0.699. The van der Waals surface area contributed by atoms with E-state index < -0.39 is 17.6 Å². The Bertz CT molecular complexity index is 720. The van der Waals surface area contributed by atoms with Gasteiger partial charge in [0.25, 0.3) is 0 Å². The lowest BCUT2D eigenvalue weighted by Crippen LogP contribution is -3.01. The highest BCUT2D eigenvalue weighted by molar-refractivity contribution is 5.69. The third-order valence-electron chi connectivity index (χ3n) is 4.56. The van der Waals surface area contributed by atoms with Gasteiger partial charge in [0.15, 0.2) is 5.54 Å². The fraction of sp³-hybridized carbons (Fsp3) is 0.136. The Hall–Kier alpha value is -2.91. The molecule has 0 aliphatic rings. The Morgan fingerprint density at radius 2 is 1.08 bits per heavy atom. The molecule has 3 heteroatoms. The number of nitrogens with two attached hydrogens (primary N) is 1. The summed E-state index contributed by atoms with van der Waals surface area (Å²) in [7, 11) is 0. The van der Waals surface area contributed by atoms with Crippen molar-refractivity contribution in [2.75, 3.05) is 0 Å². The van der Waals surface area contributed by atoms with Crippen molar-refractivity contribution >= 4 is 5.97 Å². The van der Waals surface area contributed by atoms with Crippen LogP contribution in [0.15, 0.2) is 91.0 Å². The molecule has 0 spiro atoms. The molecular weight excluding hydrogens is 310 g/mol. The van der Waals surface area contributed by atoms with Gasteiger partial charge in [-0.25, -0.2) is 0 Å². The first-order valence-corrected chi connectivity index (χ1v) is 8.38. The fourth-order valence-electron chi connectivity index (χ4n) is 3.33. The van der Waals surface area contributed by atoms with E-state index in [1.54, 1.807) is 6.92 Å². The number of aliphatic carboxylic acids is 1. The molecule has 0 aliphatic heterocycles. The molecule has 0 aliphatic carbocycles. The Labute approximate surface area is 148 Å². The Kier molecular flexibility index (Phi) is 4.96. The van der Waals surface area contributed by atoms with E-state index in [1.165, 1.54) is 0 Å². The molecule has 0 fully saturated rings. The summed E-state index contributed by atoms with van der Waals surface area (Å²) in [6.45, 7) is 1.67. The van der Waals surface area contributed by atoms with Crippen molar-refractivity contribution in [3.63, 3.8) is 0 Å². The fourth-order valence-corrected chi connectivity index (χ4v) is 3.33. The van der Waals surface area contributed by atoms with Crippen molar-refractivity contribution in [2.24, 2.45) is 0 Å². The second-order valence-electron chi connectivity index (χ2n) is 6.18. The van der Waals surface area contributed by atoms with Gasteiger partial charge in [-0.05, 0) is 6.92 Å². The normalized spacial score (nSPS) is 12.5. The average Bonchev–Trinajstić information content (AvgIpc) is 2.68. The maximum atomic E-state index is 11.5. The van der Waals surface area contributed by atoms with Crippen LogP contribution < -0.4 is 10.4 Å². The van der Waals surface area contributed by atoms with Crippen LogP contribution in [0.1, 0.15) is 23.6 Å². The van der Waals surface area contributed by atoms with E-state index >= 15 is 0 Å². The van der Waals surface area contributed by atoms with Gasteiger partial charge in [0, 0.05) is 16.7 Å². The molecule has 0 saturated heterocycles. The van der Waals surface area contributed by atoms with Crippen molar-refractivity contribution in [1.82, 2.24) is 0 Å². The van der Waals surface area contributed by atoms with Gasteiger partial charge in [0.2, 0.25) is 0 Å². The van der Waals surface area contributed by atoms with Gasteiger partial charge in [0.1, 0.15) is 6.04 Å². The van der Waals surface area contributed by atoms with Gasteiger partial charge in [-0.1, -0.05) is 91.0 Å². The standard InChI is InChI=1S/C22H21NO2/c1-17(21(24)25)23-22(18-11-5-2-6-12-18,19-13-7-3-8-14-19)20-15-9-4-10-16-20/h2-17,23H,1H3,(H,24,25)/t17-/m0/s1. The average molecular weight is 331 g/mol. The zero-order chi connectivity index (χ0) is 17.7. The van der Waals surface area contributed by atoms with Crippen molar-refractivity contribution in [3.8, 4) is 0 Å².